The highest BCUT2D eigenvalue weighted by Gasteiger charge is 2.33. The van der Waals surface area contributed by atoms with Crippen LogP contribution in [0.15, 0.2) is 79.0 Å². The number of benzene rings is 3. The molecule has 2 amide bonds. The maximum Gasteiger partial charge on any atom is 0.247 e. The van der Waals surface area contributed by atoms with E-state index in [1.54, 1.807) is 12.0 Å². The molecule has 3 aromatic carbocycles. The number of amides is 2. The van der Waals surface area contributed by atoms with Crippen LogP contribution in [0.25, 0.3) is 10.9 Å². The van der Waals surface area contributed by atoms with E-state index in [0.29, 0.717) is 6.54 Å². The van der Waals surface area contributed by atoms with Crippen molar-refractivity contribution in [2.45, 2.75) is 57.2 Å². The van der Waals surface area contributed by atoms with Gasteiger partial charge in [-0.25, -0.2) is 0 Å². The normalized spacial score (nSPS) is 14.4. The number of methoxy groups -OCH3 is 1. The predicted molar refractivity (Wildman–Crippen MR) is 164 cm³/mol. The van der Waals surface area contributed by atoms with Crippen molar-refractivity contribution in [3.63, 3.8) is 0 Å². The zero-order valence-electron chi connectivity index (χ0n) is 24.2. The molecule has 41 heavy (non-hydrogen) atoms. The maximum absolute atomic E-state index is 14.3. The molecule has 1 aromatic heterocycles. The van der Waals surface area contributed by atoms with E-state index in [1.807, 2.05) is 98.0 Å². The summed E-state index contributed by atoms with van der Waals surface area (Å²) in [6, 6.07) is 23.0. The minimum absolute atomic E-state index is 0.106. The van der Waals surface area contributed by atoms with Crippen molar-refractivity contribution >= 4 is 28.4 Å². The number of hydrogen-bond donors (Lipinski definition) is 2. The first-order valence-electron chi connectivity index (χ1n) is 14.5. The number of nitrogens with one attached hydrogen (secondary N) is 2. The van der Waals surface area contributed by atoms with E-state index >= 15 is 0 Å². The summed E-state index contributed by atoms with van der Waals surface area (Å²) < 4.78 is 5.35. The van der Waals surface area contributed by atoms with Crippen LogP contribution in [0.4, 0.5) is 5.69 Å². The summed E-state index contributed by atoms with van der Waals surface area (Å²) in [6.45, 7) is 0.295. The van der Waals surface area contributed by atoms with Gasteiger partial charge in [0, 0.05) is 49.5 Å². The fourth-order valence-corrected chi connectivity index (χ4v) is 5.75. The second kappa shape index (κ2) is 12.9. The van der Waals surface area contributed by atoms with Crippen molar-refractivity contribution in [1.82, 2.24) is 15.2 Å². The molecule has 2 N–H and O–H groups in total. The van der Waals surface area contributed by atoms with Gasteiger partial charge in [-0.1, -0.05) is 61.7 Å². The summed E-state index contributed by atoms with van der Waals surface area (Å²) >= 11 is 0. The standard InChI is InChI=1S/C34H40N4O3/c1-37(2)28-17-15-25(16-18-28)33(34(40)36-27-9-5-4-6-10-27)38(23-24-13-19-29(41-3)20-14-24)32(39)21-26-22-35-31-12-8-7-11-30(26)31/h7-8,11-20,22,27,33,35H,4-6,9-10,21,23H2,1-3H3,(H,36,40)/t33-/m1/s1. The van der Waals surface area contributed by atoms with Gasteiger partial charge in [0.15, 0.2) is 0 Å². The lowest BCUT2D eigenvalue weighted by Gasteiger charge is -2.34. The van der Waals surface area contributed by atoms with Crippen molar-refractivity contribution < 1.29 is 14.3 Å². The molecule has 0 bridgehead atoms. The molecule has 0 spiro atoms. The number of aromatic nitrogens is 1. The summed E-state index contributed by atoms with van der Waals surface area (Å²) in [4.78, 5) is 35.5. The third-order valence-electron chi connectivity index (χ3n) is 8.09. The van der Waals surface area contributed by atoms with E-state index in [2.05, 4.69) is 10.3 Å². The Labute approximate surface area is 242 Å². The second-order valence-corrected chi connectivity index (χ2v) is 11.1. The first kappa shape index (κ1) is 28.3. The quantitative estimate of drug-likeness (QED) is 0.253. The summed E-state index contributed by atoms with van der Waals surface area (Å²) in [5.74, 6) is 0.512. The zero-order valence-corrected chi connectivity index (χ0v) is 24.2. The van der Waals surface area contributed by atoms with Gasteiger partial charge >= 0.3 is 0 Å². The summed E-state index contributed by atoms with van der Waals surface area (Å²) in [5.41, 5.74) is 4.66. The molecule has 1 atom stereocenters. The zero-order chi connectivity index (χ0) is 28.8. The van der Waals surface area contributed by atoms with Crippen molar-refractivity contribution in [1.29, 1.82) is 0 Å². The van der Waals surface area contributed by atoms with Crippen LogP contribution in [0.2, 0.25) is 0 Å². The average molecular weight is 553 g/mol. The summed E-state index contributed by atoms with van der Waals surface area (Å²) in [7, 11) is 5.61. The predicted octanol–water partition coefficient (Wildman–Crippen LogP) is 6.00. The van der Waals surface area contributed by atoms with E-state index in [4.69, 9.17) is 4.74 Å². The molecule has 0 unspecified atom stereocenters. The molecular weight excluding hydrogens is 512 g/mol. The maximum atomic E-state index is 14.3. The number of carbonyl (C=O) groups is 2. The molecule has 5 rings (SSSR count). The molecule has 1 heterocycles. The molecule has 4 aromatic rings. The fourth-order valence-electron chi connectivity index (χ4n) is 5.75. The fraction of sp³-hybridized carbons (Fsp3) is 0.353. The van der Waals surface area contributed by atoms with E-state index in [0.717, 1.165) is 64.7 Å². The van der Waals surface area contributed by atoms with Crippen LogP contribution >= 0.6 is 0 Å². The second-order valence-electron chi connectivity index (χ2n) is 11.1. The largest absolute Gasteiger partial charge is 0.497 e. The molecular formula is C34H40N4O3. The Balaban J connectivity index is 1.52. The number of hydrogen-bond acceptors (Lipinski definition) is 4. The van der Waals surface area contributed by atoms with Crippen LogP contribution in [0.1, 0.15) is 54.8 Å². The summed E-state index contributed by atoms with van der Waals surface area (Å²) in [5, 5.41) is 4.33. The minimum atomic E-state index is -0.770. The molecule has 1 saturated carbocycles. The number of anilines is 1. The van der Waals surface area contributed by atoms with Crippen LogP contribution in [-0.4, -0.2) is 48.9 Å². The molecule has 0 aliphatic heterocycles. The van der Waals surface area contributed by atoms with Crippen LogP contribution < -0.4 is 15.0 Å². The van der Waals surface area contributed by atoms with E-state index in [9.17, 15) is 9.59 Å². The van der Waals surface area contributed by atoms with E-state index < -0.39 is 6.04 Å². The average Bonchev–Trinajstić information content (AvgIpc) is 3.40. The number of para-hydroxylation sites is 1. The smallest absolute Gasteiger partial charge is 0.247 e. The van der Waals surface area contributed by atoms with Crippen LogP contribution in [-0.2, 0) is 22.6 Å². The van der Waals surface area contributed by atoms with Crippen LogP contribution in [0.5, 0.6) is 5.75 Å². The first-order valence-corrected chi connectivity index (χ1v) is 14.5. The first-order chi connectivity index (χ1) is 19.9. The third kappa shape index (κ3) is 6.73. The van der Waals surface area contributed by atoms with Gasteiger partial charge in [0.1, 0.15) is 11.8 Å². The topological polar surface area (TPSA) is 77.7 Å². The highest BCUT2D eigenvalue weighted by atomic mass is 16.5. The van der Waals surface area contributed by atoms with Gasteiger partial charge in [-0.05, 0) is 59.9 Å². The van der Waals surface area contributed by atoms with Crippen molar-refractivity contribution in [3.05, 3.63) is 95.7 Å². The molecule has 1 aliphatic rings. The Morgan fingerprint density at radius 3 is 2.34 bits per heavy atom. The van der Waals surface area contributed by atoms with Gasteiger partial charge in [0.05, 0.1) is 13.5 Å². The number of H-pyrrole nitrogens is 1. The van der Waals surface area contributed by atoms with Gasteiger partial charge in [0.25, 0.3) is 0 Å². The van der Waals surface area contributed by atoms with Crippen molar-refractivity contribution in [2.24, 2.45) is 0 Å². The molecule has 7 nitrogen and oxygen atoms in total. The Morgan fingerprint density at radius 2 is 1.66 bits per heavy atom. The van der Waals surface area contributed by atoms with Gasteiger partial charge in [-0.2, -0.15) is 0 Å². The molecule has 0 saturated heterocycles. The summed E-state index contributed by atoms with van der Waals surface area (Å²) in [6.07, 6.45) is 7.46. The number of fused-ring (bicyclic) bond motifs is 1. The van der Waals surface area contributed by atoms with E-state index in [-0.39, 0.29) is 24.3 Å². The highest BCUT2D eigenvalue weighted by molar-refractivity contribution is 5.92. The number of carbonyl (C=O) groups excluding carboxylic acids is 2. The van der Waals surface area contributed by atoms with Crippen molar-refractivity contribution in [2.75, 3.05) is 26.1 Å². The molecule has 7 heteroatoms. The van der Waals surface area contributed by atoms with Gasteiger partial charge in [-0.3, -0.25) is 9.59 Å². The Bertz CT molecular complexity index is 1450. The molecule has 1 aliphatic carbocycles. The lowest BCUT2D eigenvalue weighted by molar-refractivity contribution is -0.141. The van der Waals surface area contributed by atoms with E-state index in [1.165, 1.54) is 6.42 Å². The van der Waals surface area contributed by atoms with Gasteiger partial charge in [-0.15, -0.1) is 0 Å². The van der Waals surface area contributed by atoms with Crippen LogP contribution in [0, 0.1) is 0 Å². The molecule has 0 radical (unpaired) electrons. The number of ether oxygens (including phenoxy) is 1. The number of nitrogens with zero attached hydrogens (tertiary/aromatic N) is 2. The third-order valence-corrected chi connectivity index (χ3v) is 8.09. The minimum Gasteiger partial charge on any atom is -0.497 e. The van der Waals surface area contributed by atoms with Crippen LogP contribution in [0.3, 0.4) is 0 Å². The Kier molecular flexibility index (Phi) is 8.92. The highest BCUT2D eigenvalue weighted by Crippen LogP contribution is 2.29. The SMILES string of the molecule is COc1ccc(CN(C(=O)Cc2c[nH]c3ccccc23)[C@@H](C(=O)NC2CCCCC2)c2ccc(N(C)C)cc2)cc1. The monoisotopic (exact) mass is 552 g/mol. The number of aromatic amines is 1. The molecule has 1 fully saturated rings. The number of rotatable bonds is 10. The molecule has 214 valence electrons. The van der Waals surface area contributed by atoms with Gasteiger partial charge in [0.2, 0.25) is 11.8 Å². The van der Waals surface area contributed by atoms with Gasteiger partial charge < -0.3 is 24.8 Å². The Hall–Kier alpha value is -4.26. The lowest BCUT2D eigenvalue weighted by Crippen LogP contribution is -2.47. The lowest BCUT2D eigenvalue weighted by atomic mass is 9.94. The Morgan fingerprint density at radius 1 is 0.951 bits per heavy atom. The van der Waals surface area contributed by atoms with Crippen molar-refractivity contribution in [3.8, 4) is 5.75 Å².